The van der Waals surface area contributed by atoms with Gasteiger partial charge < -0.3 is 0 Å². The van der Waals surface area contributed by atoms with Gasteiger partial charge in [0, 0.05) is 16.8 Å². The van der Waals surface area contributed by atoms with Gasteiger partial charge in [-0.25, -0.2) is 14.4 Å². The van der Waals surface area contributed by atoms with Gasteiger partial charge in [-0.05, 0) is 41.9 Å². The summed E-state index contributed by atoms with van der Waals surface area (Å²) in [5, 5.41) is 0. The lowest BCUT2D eigenvalue weighted by molar-refractivity contribution is 0.628. The van der Waals surface area contributed by atoms with Gasteiger partial charge in [0.05, 0.1) is 0 Å². The van der Waals surface area contributed by atoms with E-state index in [1.165, 1.54) is 12.1 Å². The first-order chi connectivity index (χ1) is 7.58. The fourth-order valence-electron chi connectivity index (χ4n) is 1.35. The van der Waals surface area contributed by atoms with E-state index >= 15 is 0 Å². The molecule has 0 aliphatic rings. The molecule has 0 radical (unpaired) electrons. The van der Waals surface area contributed by atoms with Crippen LogP contribution in [-0.4, -0.2) is 9.97 Å². The van der Waals surface area contributed by atoms with Gasteiger partial charge in [-0.3, -0.25) is 0 Å². The second-order valence-corrected chi connectivity index (χ2v) is 4.31. The molecule has 0 aliphatic carbocycles. The van der Waals surface area contributed by atoms with Gasteiger partial charge in [0.2, 0.25) is 0 Å². The summed E-state index contributed by atoms with van der Waals surface area (Å²) >= 11 is 3.37. The lowest BCUT2D eigenvalue weighted by Gasteiger charge is -2.06. The number of nitrogens with zero attached hydrogens (tertiary/aromatic N) is 2. The number of benzene rings is 1. The molecule has 2 rings (SSSR count). The fraction of sp³-hybridized carbons (Fsp3) is 0.167. The lowest BCUT2D eigenvalue weighted by atomic mass is 10.2. The number of aryl methyl sites for hydroxylation is 1. The third-order valence-corrected chi connectivity index (χ3v) is 3.18. The van der Waals surface area contributed by atoms with E-state index in [1.54, 1.807) is 12.1 Å². The topological polar surface area (TPSA) is 25.8 Å². The predicted octanol–water partition coefficient (Wildman–Crippen LogP) is 3.66. The van der Waals surface area contributed by atoms with Crippen molar-refractivity contribution in [3.8, 4) is 11.4 Å². The molecule has 0 saturated heterocycles. The first-order valence-electron chi connectivity index (χ1n) is 4.84. The predicted molar refractivity (Wildman–Crippen MR) is 64.6 cm³/mol. The van der Waals surface area contributed by atoms with E-state index in [1.807, 2.05) is 13.8 Å². The van der Waals surface area contributed by atoms with Gasteiger partial charge in [-0.2, -0.15) is 0 Å². The lowest BCUT2D eigenvalue weighted by Crippen LogP contribution is -1.96. The zero-order chi connectivity index (χ0) is 11.7. The van der Waals surface area contributed by atoms with Crippen molar-refractivity contribution in [1.29, 1.82) is 0 Å². The molecule has 0 aliphatic heterocycles. The van der Waals surface area contributed by atoms with Crippen LogP contribution < -0.4 is 0 Å². The monoisotopic (exact) mass is 280 g/mol. The van der Waals surface area contributed by atoms with Gasteiger partial charge in [-0.1, -0.05) is 12.1 Å². The molecule has 82 valence electrons. The summed E-state index contributed by atoms with van der Waals surface area (Å²) in [7, 11) is 0. The molecule has 0 unspecified atom stereocenters. The highest BCUT2D eigenvalue weighted by Crippen LogP contribution is 2.22. The molecule has 2 nitrogen and oxygen atoms in total. The first kappa shape index (κ1) is 11.2. The van der Waals surface area contributed by atoms with Crippen molar-refractivity contribution in [2.75, 3.05) is 0 Å². The molecule has 1 heterocycles. The average molecular weight is 281 g/mol. The quantitative estimate of drug-likeness (QED) is 0.745. The molecular formula is C12H10BrFN2. The van der Waals surface area contributed by atoms with Gasteiger partial charge in [-0.15, -0.1) is 0 Å². The van der Waals surface area contributed by atoms with E-state index in [0.717, 1.165) is 15.9 Å². The van der Waals surface area contributed by atoms with E-state index in [4.69, 9.17) is 0 Å². The summed E-state index contributed by atoms with van der Waals surface area (Å²) in [6.45, 7) is 3.85. The highest BCUT2D eigenvalue weighted by Gasteiger charge is 2.07. The Balaban J connectivity index is 2.57. The molecule has 0 N–H and O–H groups in total. The van der Waals surface area contributed by atoms with Crippen LogP contribution >= 0.6 is 15.9 Å². The van der Waals surface area contributed by atoms with E-state index in [9.17, 15) is 4.39 Å². The minimum atomic E-state index is -0.282. The number of rotatable bonds is 1. The maximum absolute atomic E-state index is 13.1. The van der Waals surface area contributed by atoms with Gasteiger partial charge in [0.15, 0.2) is 5.82 Å². The summed E-state index contributed by atoms with van der Waals surface area (Å²) < 4.78 is 13.8. The van der Waals surface area contributed by atoms with Crippen LogP contribution in [0.5, 0.6) is 0 Å². The Hall–Kier alpha value is -1.29. The molecule has 0 bridgehead atoms. The number of aromatic nitrogens is 2. The highest BCUT2D eigenvalue weighted by atomic mass is 79.9. The van der Waals surface area contributed by atoms with Crippen molar-refractivity contribution in [3.63, 3.8) is 0 Å². The van der Waals surface area contributed by atoms with Crippen molar-refractivity contribution in [1.82, 2.24) is 9.97 Å². The summed E-state index contributed by atoms with van der Waals surface area (Å²) in [5.41, 5.74) is 2.57. The fourth-order valence-corrected chi connectivity index (χ4v) is 1.81. The molecule has 0 amide bonds. The summed E-state index contributed by atoms with van der Waals surface area (Å²) in [6, 6.07) is 6.27. The Morgan fingerprint density at radius 2 is 1.94 bits per heavy atom. The number of hydrogen-bond donors (Lipinski definition) is 0. The molecule has 4 heteroatoms. The normalized spacial score (nSPS) is 10.5. The van der Waals surface area contributed by atoms with Crippen molar-refractivity contribution in [3.05, 3.63) is 45.9 Å². The molecule has 0 fully saturated rings. The van der Waals surface area contributed by atoms with Gasteiger partial charge in [0.25, 0.3) is 0 Å². The standard InChI is InChI=1S/C12H10BrFN2/c1-7-8(2)15-12(16-11(7)13)9-4-3-5-10(14)6-9/h3-6H,1-2H3. The zero-order valence-electron chi connectivity index (χ0n) is 8.96. The van der Waals surface area contributed by atoms with Gasteiger partial charge in [0.1, 0.15) is 10.4 Å². The second kappa shape index (κ2) is 4.29. The molecule has 16 heavy (non-hydrogen) atoms. The molecule has 2 aromatic rings. The number of halogens is 2. The van der Waals surface area contributed by atoms with Crippen LogP contribution in [0.3, 0.4) is 0 Å². The molecule has 1 aromatic carbocycles. The molecular weight excluding hydrogens is 271 g/mol. The van der Waals surface area contributed by atoms with E-state index in [0.29, 0.717) is 11.4 Å². The zero-order valence-corrected chi connectivity index (χ0v) is 10.5. The van der Waals surface area contributed by atoms with Crippen LogP contribution in [0.2, 0.25) is 0 Å². The van der Waals surface area contributed by atoms with Crippen LogP contribution in [0, 0.1) is 19.7 Å². The average Bonchev–Trinajstić information content (AvgIpc) is 2.25. The van der Waals surface area contributed by atoms with Crippen LogP contribution in [0.25, 0.3) is 11.4 Å². The molecule has 0 saturated carbocycles. The van der Waals surface area contributed by atoms with Crippen LogP contribution in [0.1, 0.15) is 11.3 Å². The third-order valence-electron chi connectivity index (χ3n) is 2.41. The third kappa shape index (κ3) is 2.11. The Kier molecular flexibility index (Phi) is 3.01. The molecule has 0 atom stereocenters. The van der Waals surface area contributed by atoms with E-state index < -0.39 is 0 Å². The van der Waals surface area contributed by atoms with Crippen molar-refractivity contribution in [2.24, 2.45) is 0 Å². The highest BCUT2D eigenvalue weighted by molar-refractivity contribution is 9.10. The molecule has 1 aromatic heterocycles. The van der Waals surface area contributed by atoms with Crippen LogP contribution in [0.4, 0.5) is 4.39 Å². The van der Waals surface area contributed by atoms with E-state index in [2.05, 4.69) is 25.9 Å². The number of hydrogen-bond acceptors (Lipinski definition) is 2. The maximum atomic E-state index is 13.1. The largest absolute Gasteiger partial charge is 0.233 e. The van der Waals surface area contributed by atoms with Crippen molar-refractivity contribution < 1.29 is 4.39 Å². The Morgan fingerprint density at radius 1 is 1.19 bits per heavy atom. The maximum Gasteiger partial charge on any atom is 0.160 e. The summed E-state index contributed by atoms with van der Waals surface area (Å²) in [6.07, 6.45) is 0. The van der Waals surface area contributed by atoms with Crippen LogP contribution in [-0.2, 0) is 0 Å². The summed E-state index contributed by atoms with van der Waals surface area (Å²) in [4.78, 5) is 8.62. The Bertz CT molecular complexity index is 517. The summed E-state index contributed by atoms with van der Waals surface area (Å²) in [5.74, 6) is 0.255. The van der Waals surface area contributed by atoms with E-state index in [-0.39, 0.29) is 5.82 Å². The minimum absolute atomic E-state index is 0.282. The van der Waals surface area contributed by atoms with Crippen molar-refractivity contribution in [2.45, 2.75) is 13.8 Å². The minimum Gasteiger partial charge on any atom is -0.233 e. The Labute approximate surface area is 102 Å². The van der Waals surface area contributed by atoms with Crippen molar-refractivity contribution >= 4 is 15.9 Å². The van der Waals surface area contributed by atoms with Crippen LogP contribution in [0.15, 0.2) is 28.9 Å². The second-order valence-electron chi connectivity index (χ2n) is 3.56. The SMILES string of the molecule is Cc1nc(-c2cccc(F)c2)nc(Br)c1C. The first-order valence-corrected chi connectivity index (χ1v) is 5.64. The smallest absolute Gasteiger partial charge is 0.160 e. The Morgan fingerprint density at radius 3 is 2.56 bits per heavy atom. The van der Waals surface area contributed by atoms with Gasteiger partial charge >= 0.3 is 0 Å². The molecule has 0 spiro atoms.